The number of amides is 1. The van der Waals surface area contributed by atoms with Crippen LogP contribution in [0.4, 0.5) is 0 Å². The van der Waals surface area contributed by atoms with Crippen LogP contribution in [-0.2, 0) is 6.54 Å². The molecule has 1 amide bonds. The molecule has 0 aliphatic heterocycles. The van der Waals surface area contributed by atoms with Crippen molar-refractivity contribution in [2.45, 2.75) is 6.54 Å². The van der Waals surface area contributed by atoms with Gasteiger partial charge in [-0.3, -0.25) is 4.79 Å². The van der Waals surface area contributed by atoms with Crippen LogP contribution in [0, 0.1) is 0 Å². The average Bonchev–Trinajstić information content (AvgIpc) is 2.67. The molecule has 16 heavy (non-hydrogen) atoms. The number of aryl methyl sites for hydroxylation is 1. The van der Waals surface area contributed by atoms with Crippen LogP contribution in [0.3, 0.4) is 0 Å². The number of aromatic nitrogens is 5. The SMILES string of the molecule is NC(=O)c1cnn2c(=O)n(CCBr)nnc12. The maximum Gasteiger partial charge on any atom is 0.368 e. The highest BCUT2D eigenvalue weighted by molar-refractivity contribution is 9.09. The average molecular weight is 287 g/mol. The first-order valence-corrected chi connectivity index (χ1v) is 5.44. The first-order chi connectivity index (χ1) is 7.65. The van der Waals surface area contributed by atoms with E-state index < -0.39 is 11.6 Å². The van der Waals surface area contributed by atoms with Gasteiger partial charge in [0.1, 0.15) is 5.56 Å². The minimum atomic E-state index is -0.693. The van der Waals surface area contributed by atoms with Gasteiger partial charge in [-0.25, -0.2) is 4.79 Å². The highest BCUT2D eigenvalue weighted by Crippen LogP contribution is 2.02. The maximum absolute atomic E-state index is 11.7. The number of alkyl halides is 1. The zero-order chi connectivity index (χ0) is 11.7. The standard InChI is InChI=1S/C7H7BrN6O2/c8-1-2-13-7(16)14-6(11-12-13)4(3-10-14)5(9)15/h3H,1-2H2,(H2,9,15). The van der Waals surface area contributed by atoms with Crippen molar-refractivity contribution in [3.8, 4) is 0 Å². The zero-order valence-electron chi connectivity index (χ0n) is 8.00. The van der Waals surface area contributed by atoms with Crippen molar-refractivity contribution in [1.29, 1.82) is 0 Å². The third-order valence-electron chi connectivity index (χ3n) is 1.96. The third kappa shape index (κ3) is 1.58. The summed E-state index contributed by atoms with van der Waals surface area (Å²) in [4.78, 5) is 22.7. The molecule has 0 atom stereocenters. The molecule has 0 aliphatic rings. The van der Waals surface area contributed by atoms with Gasteiger partial charge < -0.3 is 5.73 Å². The fraction of sp³-hybridized carbons (Fsp3) is 0.286. The fourth-order valence-electron chi connectivity index (χ4n) is 1.22. The Labute approximate surface area is 97.2 Å². The second-order valence-corrected chi connectivity index (χ2v) is 3.74. The number of carbonyl (C=O) groups excluding carboxylic acids is 1. The molecule has 0 aromatic carbocycles. The van der Waals surface area contributed by atoms with Gasteiger partial charge in [0.05, 0.1) is 12.7 Å². The number of rotatable bonds is 3. The molecule has 0 bridgehead atoms. The molecule has 0 radical (unpaired) electrons. The zero-order valence-corrected chi connectivity index (χ0v) is 9.59. The highest BCUT2D eigenvalue weighted by Gasteiger charge is 2.14. The number of nitrogens with two attached hydrogens (primary N) is 1. The minimum absolute atomic E-state index is 0.0725. The largest absolute Gasteiger partial charge is 0.368 e. The van der Waals surface area contributed by atoms with Crippen LogP contribution in [-0.4, -0.2) is 35.8 Å². The van der Waals surface area contributed by atoms with Crippen molar-refractivity contribution in [2.24, 2.45) is 5.73 Å². The first kappa shape index (κ1) is 10.7. The molecule has 8 nitrogen and oxygen atoms in total. The number of fused-ring (bicyclic) bond motifs is 1. The molecule has 2 rings (SSSR count). The normalized spacial score (nSPS) is 10.8. The van der Waals surface area contributed by atoms with Crippen LogP contribution in [0.1, 0.15) is 10.4 Å². The van der Waals surface area contributed by atoms with E-state index in [9.17, 15) is 9.59 Å². The summed E-state index contributed by atoms with van der Waals surface area (Å²) in [5.41, 5.74) is 4.79. The molecule has 2 aromatic rings. The molecular weight excluding hydrogens is 280 g/mol. The Hall–Kier alpha value is -1.77. The van der Waals surface area contributed by atoms with Crippen molar-refractivity contribution in [3.05, 3.63) is 22.2 Å². The van der Waals surface area contributed by atoms with E-state index in [1.54, 1.807) is 0 Å². The smallest absolute Gasteiger partial charge is 0.365 e. The Morgan fingerprint density at radius 2 is 2.31 bits per heavy atom. The lowest BCUT2D eigenvalue weighted by atomic mass is 10.3. The quantitative estimate of drug-likeness (QED) is 0.712. The molecule has 84 valence electrons. The first-order valence-electron chi connectivity index (χ1n) is 4.32. The maximum atomic E-state index is 11.7. The molecule has 0 saturated carbocycles. The second-order valence-electron chi connectivity index (χ2n) is 2.94. The highest BCUT2D eigenvalue weighted by atomic mass is 79.9. The number of halogens is 1. The van der Waals surface area contributed by atoms with Crippen LogP contribution in [0.5, 0.6) is 0 Å². The molecule has 0 saturated heterocycles. The number of hydrogen-bond acceptors (Lipinski definition) is 5. The number of nitrogens with zero attached hydrogens (tertiary/aromatic N) is 5. The molecule has 9 heteroatoms. The van der Waals surface area contributed by atoms with E-state index in [1.807, 2.05) is 0 Å². The summed E-state index contributed by atoms with van der Waals surface area (Å²) in [6.07, 6.45) is 1.20. The second kappa shape index (κ2) is 4.00. The van der Waals surface area contributed by atoms with Gasteiger partial charge in [0.2, 0.25) is 0 Å². The van der Waals surface area contributed by atoms with Crippen molar-refractivity contribution in [1.82, 2.24) is 24.6 Å². The summed E-state index contributed by atoms with van der Waals surface area (Å²) in [6, 6.07) is 0. The topological polar surface area (TPSA) is 108 Å². The van der Waals surface area contributed by atoms with Gasteiger partial charge in [-0.2, -0.15) is 14.3 Å². The lowest BCUT2D eigenvalue weighted by molar-refractivity contribution is 0.100. The monoisotopic (exact) mass is 286 g/mol. The molecule has 0 unspecified atom stereocenters. The van der Waals surface area contributed by atoms with Crippen molar-refractivity contribution >= 4 is 27.5 Å². The Morgan fingerprint density at radius 3 is 2.94 bits per heavy atom. The van der Waals surface area contributed by atoms with E-state index in [1.165, 1.54) is 6.20 Å². The number of carbonyl (C=O) groups is 1. The number of hydrogen-bond donors (Lipinski definition) is 1. The fourth-order valence-corrected chi connectivity index (χ4v) is 1.55. The summed E-state index contributed by atoms with van der Waals surface area (Å²) in [6.45, 7) is 0.369. The van der Waals surface area contributed by atoms with Gasteiger partial charge in [-0.1, -0.05) is 21.1 Å². The van der Waals surface area contributed by atoms with E-state index in [0.717, 1.165) is 9.20 Å². The third-order valence-corrected chi connectivity index (χ3v) is 2.31. The van der Waals surface area contributed by atoms with E-state index in [2.05, 4.69) is 31.3 Å². The van der Waals surface area contributed by atoms with Crippen LogP contribution in [0.2, 0.25) is 0 Å². The summed E-state index contributed by atoms with van der Waals surface area (Å²) < 4.78 is 2.13. The molecular formula is C7H7BrN6O2. The minimum Gasteiger partial charge on any atom is -0.365 e. The van der Waals surface area contributed by atoms with Crippen LogP contribution >= 0.6 is 15.9 Å². The lowest BCUT2D eigenvalue weighted by Crippen LogP contribution is -2.31. The summed E-state index contributed by atoms with van der Waals surface area (Å²) >= 11 is 3.18. The molecule has 0 fully saturated rings. The Balaban J connectivity index is 2.69. The van der Waals surface area contributed by atoms with E-state index in [0.29, 0.717) is 11.9 Å². The molecule has 0 spiro atoms. The lowest BCUT2D eigenvalue weighted by Gasteiger charge is -1.99. The van der Waals surface area contributed by atoms with Crippen molar-refractivity contribution < 1.29 is 4.79 Å². The van der Waals surface area contributed by atoms with E-state index in [4.69, 9.17) is 5.73 Å². The van der Waals surface area contributed by atoms with Crippen molar-refractivity contribution in [2.75, 3.05) is 5.33 Å². The van der Waals surface area contributed by atoms with Crippen LogP contribution in [0.15, 0.2) is 11.0 Å². The van der Waals surface area contributed by atoms with E-state index >= 15 is 0 Å². The molecule has 2 heterocycles. The van der Waals surface area contributed by atoms with Gasteiger partial charge in [0, 0.05) is 5.33 Å². The molecule has 0 aliphatic carbocycles. The molecule has 2 aromatic heterocycles. The Bertz CT molecular complexity index is 602. The van der Waals surface area contributed by atoms with Crippen LogP contribution in [0.25, 0.3) is 5.65 Å². The number of primary amides is 1. The summed E-state index contributed by atoms with van der Waals surface area (Å²) in [5.74, 6) is -0.693. The summed E-state index contributed by atoms with van der Waals surface area (Å²) in [5, 5.41) is 11.7. The van der Waals surface area contributed by atoms with E-state index in [-0.39, 0.29) is 11.2 Å². The van der Waals surface area contributed by atoms with Gasteiger partial charge in [-0.05, 0) is 0 Å². The Kier molecular flexibility index (Phi) is 2.69. The van der Waals surface area contributed by atoms with Crippen LogP contribution < -0.4 is 11.4 Å². The predicted molar refractivity (Wildman–Crippen MR) is 57.4 cm³/mol. The van der Waals surface area contributed by atoms with Gasteiger partial charge in [-0.15, -0.1) is 5.10 Å². The Morgan fingerprint density at radius 1 is 1.56 bits per heavy atom. The summed E-state index contributed by atoms with van der Waals surface area (Å²) in [7, 11) is 0. The van der Waals surface area contributed by atoms with Crippen molar-refractivity contribution in [3.63, 3.8) is 0 Å². The van der Waals surface area contributed by atoms with Gasteiger partial charge >= 0.3 is 5.69 Å². The molecule has 2 N–H and O–H groups in total. The predicted octanol–water partition coefficient (Wildman–Crippen LogP) is -1.22. The van der Waals surface area contributed by atoms with Gasteiger partial charge in [0.25, 0.3) is 5.91 Å². The van der Waals surface area contributed by atoms with Gasteiger partial charge in [0.15, 0.2) is 5.65 Å².